The number of thiazole rings is 1. The van der Waals surface area contributed by atoms with Gasteiger partial charge in [0.2, 0.25) is 15.9 Å². The van der Waals surface area contributed by atoms with Crippen molar-refractivity contribution in [2.24, 2.45) is 0 Å². The summed E-state index contributed by atoms with van der Waals surface area (Å²) in [5.74, 6) is 0.617. The molecule has 4 rings (SSSR count). The fourth-order valence-corrected chi connectivity index (χ4v) is 6.36. The molecular formula is C23H25N3O5S2. The minimum absolute atomic E-state index is 0.0586. The number of sulfonamides is 1. The van der Waals surface area contributed by atoms with Crippen molar-refractivity contribution in [3.8, 4) is 22.8 Å². The average Bonchev–Trinajstić information content (AvgIpc) is 3.32. The number of carbonyl (C=O) groups is 1. The van der Waals surface area contributed by atoms with E-state index in [-0.39, 0.29) is 23.1 Å². The Morgan fingerprint density at radius 1 is 1.09 bits per heavy atom. The first-order chi connectivity index (χ1) is 15.9. The summed E-state index contributed by atoms with van der Waals surface area (Å²) in [6, 6.07) is 13.1. The van der Waals surface area contributed by atoms with Gasteiger partial charge in [0.05, 0.1) is 19.9 Å². The minimum Gasteiger partial charge on any atom is -0.497 e. The number of nitrogens with one attached hydrogen (secondary N) is 1. The number of amides is 1. The van der Waals surface area contributed by atoms with Crippen LogP contribution in [0.25, 0.3) is 11.3 Å². The number of hydrogen-bond donors (Lipinski definition) is 1. The second-order valence-corrected chi connectivity index (χ2v) is 10.3. The van der Waals surface area contributed by atoms with Gasteiger partial charge in [0.1, 0.15) is 22.4 Å². The maximum absolute atomic E-state index is 13.4. The monoisotopic (exact) mass is 487 g/mol. The number of hydrogen-bond acceptors (Lipinski definition) is 7. The number of ether oxygens (including phenoxy) is 2. The van der Waals surface area contributed by atoms with E-state index in [1.165, 1.54) is 28.8 Å². The van der Waals surface area contributed by atoms with Gasteiger partial charge in [-0.05, 0) is 49.2 Å². The van der Waals surface area contributed by atoms with Crippen molar-refractivity contribution in [2.75, 3.05) is 26.1 Å². The average molecular weight is 488 g/mol. The number of nitrogens with zero attached hydrogens (tertiary/aromatic N) is 2. The van der Waals surface area contributed by atoms with Crippen LogP contribution >= 0.6 is 11.3 Å². The van der Waals surface area contributed by atoms with Gasteiger partial charge in [-0.1, -0.05) is 18.6 Å². The summed E-state index contributed by atoms with van der Waals surface area (Å²) in [6.07, 6.45) is 1.90. The highest BCUT2D eigenvalue weighted by atomic mass is 32.2. The molecule has 174 valence electrons. The molecule has 1 N–H and O–H groups in total. The van der Waals surface area contributed by atoms with Crippen molar-refractivity contribution < 1.29 is 22.7 Å². The molecule has 1 saturated heterocycles. The van der Waals surface area contributed by atoms with Crippen LogP contribution in [0.5, 0.6) is 11.5 Å². The molecule has 10 heteroatoms. The van der Waals surface area contributed by atoms with Crippen LogP contribution in [0.3, 0.4) is 0 Å². The van der Waals surface area contributed by atoms with Gasteiger partial charge in [-0.15, -0.1) is 11.3 Å². The molecule has 3 aromatic rings. The quantitative estimate of drug-likeness (QED) is 0.541. The summed E-state index contributed by atoms with van der Waals surface area (Å²) >= 11 is 1.30. The number of para-hydroxylation sites is 1. The molecule has 2 aromatic carbocycles. The van der Waals surface area contributed by atoms with Gasteiger partial charge in [-0.2, -0.15) is 4.31 Å². The molecule has 0 saturated carbocycles. The SMILES string of the molecule is COc1ccc(-c2csc(NC(=O)[C@H]3CCCCN3S(=O)(=O)c3ccccc3OC)n2)cc1. The normalized spacial score (nSPS) is 16.8. The summed E-state index contributed by atoms with van der Waals surface area (Å²) in [5, 5.41) is 5.08. The van der Waals surface area contributed by atoms with Gasteiger partial charge < -0.3 is 14.8 Å². The molecule has 1 amide bonds. The van der Waals surface area contributed by atoms with E-state index in [9.17, 15) is 13.2 Å². The Hall–Kier alpha value is -2.95. The van der Waals surface area contributed by atoms with Crippen molar-refractivity contribution in [2.45, 2.75) is 30.2 Å². The number of rotatable bonds is 7. The van der Waals surface area contributed by atoms with E-state index in [0.717, 1.165) is 23.4 Å². The van der Waals surface area contributed by atoms with Crippen LogP contribution in [0.1, 0.15) is 19.3 Å². The largest absolute Gasteiger partial charge is 0.497 e. The Bertz CT molecular complexity index is 1220. The van der Waals surface area contributed by atoms with Crippen molar-refractivity contribution >= 4 is 32.4 Å². The highest BCUT2D eigenvalue weighted by Crippen LogP contribution is 2.32. The molecule has 1 fully saturated rings. The number of anilines is 1. The summed E-state index contributed by atoms with van der Waals surface area (Å²) in [5.41, 5.74) is 1.62. The first-order valence-corrected chi connectivity index (χ1v) is 12.8. The van der Waals surface area contributed by atoms with E-state index in [2.05, 4.69) is 10.3 Å². The summed E-state index contributed by atoms with van der Waals surface area (Å²) in [4.78, 5) is 17.7. The molecule has 1 atom stereocenters. The Morgan fingerprint density at radius 2 is 1.85 bits per heavy atom. The van der Waals surface area contributed by atoms with E-state index in [1.54, 1.807) is 25.3 Å². The Morgan fingerprint density at radius 3 is 2.58 bits per heavy atom. The molecule has 0 bridgehead atoms. The van der Waals surface area contributed by atoms with E-state index in [1.807, 2.05) is 29.6 Å². The molecule has 1 aliphatic rings. The molecular weight excluding hydrogens is 462 g/mol. The summed E-state index contributed by atoms with van der Waals surface area (Å²) < 4.78 is 38.5. The predicted molar refractivity (Wildman–Crippen MR) is 127 cm³/mol. The number of carbonyl (C=O) groups excluding carboxylic acids is 1. The lowest BCUT2D eigenvalue weighted by Gasteiger charge is -2.33. The van der Waals surface area contributed by atoms with Crippen LogP contribution in [-0.4, -0.2) is 50.4 Å². The maximum Gasteiger partial charge on any atom is 0.247 e. The second-order valence-electron chi connectivity index (χ2n) is 7.53. The van der Waals surface area contributed by atoms with E-state index in [0.29, 0.717) is 18.0 Å². The highest BCUT2D eigenvalue weighted by Gasteiger charge is 2.39. The van der Waals surface area contributed by atoms with E-state index >= 15 is 0 Å². The van der Waals surface area contributed by atoms with Gasteiger partial charge in [0.15, 0.2) is 5.13 Å². The van der Waals surface area contributed by atoms with Gasteiger partial charge in [-0.3, -0.25) is 4.79 Å². The maximum atomic E-state index is 13.4. The standard InChI is InChI=1S/C23H25N3O5S2/c1-30-17-12-10-16(11-13-17)18-15-32-23(24-18)25-22(27)19-7-5-6-14-26(19)33(28,29)21-9-4-3-8-20(21)31-2/h3-4,8-13,15,19H,5-7,14H2,1-2H3,(H,24,25,27)/t19-/m1/s1. The van der Waals surface area contributed by atoms with Crippen LogP contribution < -0.4 is 14.8 Å². The van der Waals surface area contributed by atoms with Crippen LogP contribution in [0, 0.1) is 0 Å². The zero-order valence-electron chi connectivity index (χ0n) is 18.4. The molecule has 0 spiro atoms. The summed E-state index contributed by atoms with van der Waals surface area (Å²) in [7, 11) is -0.884. The number of piperidine rings is 1. The second kappa shape index (κ2) is 9.90. The van der Waals surface area contributed by atoms with Crippen LogP contribution in [0.4, 0.5) is 5.13 Å². The molecule has 8 nitrogen and oxygen atoms in total. The first-order valence-electron chi connectivity index (χ1n) is 10.5. The highest BCUT2D eigenvalue weighted by molar-refractivity contribution is 7.89. The number of aromatic nitrogens is 1. The number of benzene rings is 2. The Kier molecular flexibility index (Phi) is 6.96. The predicted octanol–water partition coefficient (Wildman–Crippen LogP) is 4.01. The third-order valence-electron chi connectivity index (χ3n) is 5.53. The Labute approximate surface area is 197 Å². The molecule has 0 radical (unpaired) electrons. The molecule has 0 unspecified atom stereocenters. The first kappa shape index (κ1) is 23.2. The fourth-order valence-electron chi connectivity index (χ4n) is 3.83. The lowest BCUT2D eigenvalue weighted by Crippen LogP contribution is -2.49. The lowest BCUT2D eigenvalue weighted by atomic mass is 10.0. The Balaban J connectivity index is 1.54. The fraction of sp³-hybridized carbons (Fsp3) is 0.304. The van der Waals surface area contributed by atoms with Crippen LogP contribution in [0.2, 0.25) is 0 Å². The molecule has 2 heterocycles. The van der Waals surface area contributed by atoms with Crippen LogP contribution in [0.15, 0.2) is 58.8 Å². The minimum atomic E-state index is -3.92. The smallest absolute Gasteiger partial charge is 0.247 e. The number of methoxy groups -OCH3 is 2. The summed E-state index contributed by atoms with van der Waals surface area (Å²) in [6.45, 7) is 0.271. The molecule has 1 aromatic heterocycles. The van der Waals surface area contributed by atoms with Gasteiger partial charge in [-0.25, -0.2) is 13.4 Å². The van der Waals surface area contributed by atoms with E-state index < -0.39 is 16.1 Å². The van der Waals surface area contributed by atoms with Crippen LogP contribution in [-0.2, 0) is 14.8 Å². The van der Waals surface area contributed by atoms with Crippen molar-refractivity contribution in [1.82, 2.24) is 9.29 Å². The van der Waals surface area contributed by atoms with Crippen molar-refractivity contribution in [3.63, 3.8) is 0 Å². The molecule has 1 aliphatic heterocycles. The van der Waals surface area contributed by atoms with E-state index in [4.69, 9.17) is 9.47 Å². The zero-order valence-corrected chi connectivity index (χ0v) is 20.0. The van der Waals surface area contributed by atoms with Crippen molar-refractivity contribution in [3.05, 3.63) is 53.9 Å². The van der Waals surface area contributed by atoms with Gasteiger partial charge in [0.25, 0.3) is 0 Å². The van der Waals surface area contributed by atoms with Gasteiger partial charge in [0, 0.05) is 17.5 Å². The molecule has 0 aliphatic carbocycles. The topological polar surface area (TPSA) is 97.8 Å². The zero-order chi connectivity index (χ0) is 23.4. The molecule has 33 heavy (non-hydrogen) atoms. The third-order valence-corrected chi connectivity index (χ3v) is 8.24. The van der Waals surface area contributed by atoms with Crippen molar-refractivity contribution in [1.29, 1.82) is 0 Å². The van der Waals surface area contributed by atoms with Gasteiger partial charge >= 0.3 is 0 Å². The lowest BCUT2D eigenvalue weighted by molar-refractivity contribution is -0.120. The third kappa shape index (κ3) is 4.87.